The lowest BCUT2D eigenvalue weighted by atomic mass is 10.0. The van der Waals surface area contributed by atoms with E-state index in [0.717, 1.165) is 16.9 Å². The summed E-state index contributed by atoms with van der Waals surface area (Å²) in [4.78, 5) is 0. The molecule has 0 bridgehead atoms. The smallest absolute Gasteiger partial charge is 0.119 e. The minimum Gasteiger partial charge on any atom is -0.494 e. The van der Waals surface area contributed by atoms with Crippen LogP contribution >= 0.6 is 0 Å². The summed E-state index contributed by atoms with van der Waals surface area (Å²) in [6, 6.07) is 5.77. The molecule has 1 unspecified atom stereocenters. The molecule has 84 valence electrons. The molecule has 0 heterocycles. The van der Waals surface area contributed by atoms with Gasteiger partial charge in [-0.2, -0.15) is 0 Å². The molecule has 2 N–H and O–H groups in total. The maximum Gasteiger partial charge on any atom is 0.119 e. The number of aliphatic hydroxyl groups excluding tert-OH is 1. The van der Waals surface area contributed by atoms with Crippen LogP contribution in [0.4, 0.5) is 0 Å². The van der Waals surface area contributed by atoms with Crippen molar-refractivity contribution in [1.82, 2.24) is 5.32 Å². The van der Waals surface area contributed by atoms with Crippen LogP contribution in [0.25, 0.3) is 0 Å². The molecule has 15 heavy (non-hydrogen) atoms. The van der Waals surface area contributed by atoms with Gasteiger partial charge in [-0.05, 0) is 44.2 Å². The molecule has 0 radical (unpaired) electrons. The summed E-state index contributed by atoms with van der Waals surface area (Å²) >= 11 is 0. The number of likely N-dealkylation sites (N-methyl/N-ethyl adjacent to an activating group) is 1. The van der Waals surface area contributed by atoms with Gasteiger partial charge >= 0.3 is 0 Å². The maximum absolute atomic E-state index is 9.82. The van der Waals surface area contributed by atoms with E-state index in [2.05, 4.69) is 5.32 Å². The second kappa shape index (κ2) is 5.73. The molecule has 0 amide bonds. The lowest BCUT2D eigenvalue weighted by molar-refractivity contribution is 0.177. The first kappa shape index (κ1) is 12.0. The van der Waals surface area contributed by atoms with Crippen LogP contribution in [0.2, 0.25) is 0 Å². The van der Waals surface area contributed by atoms with Crippen molar-refractivity contribution in [2.24, 2.45) is 0 Å². The predicted molar refractivity (Wildman–Crippen MR) is 61.2 cm³/mol. The highest BCUT2D eigenvalue weighted by molar-refractivity contribution is 5.36. The highest BCUT2D eigenvalue weighted by Gasteiger charge is 2.09. The van der Waals surface area contributed by atoms with E-state index in [9.17, 15) is 5.11 Å². The van der Waals surface area contributed by atoms with Gasteiger partial charge in [0.25, 0.3) is 0 Å². The van der Waals surface area contributed by atoms with Gasteiger partial charge in [0.15, 0.2) is 0 Å². The van der Waals surface area contributed by atoms with E-state index in [1.165, 1.54) is 0 Å². The topological polar surface area (TPSA) is 41.5 Å². The van der Waals surface area contributed by atoms with E-state index >= 15 is 0 Å². The molecule has 3 heteroatoms. The zero-order chi connectivity index (χ0) is 11.3. The largest absolute Gasteiger partial charge is 0.494 e. The molecule has 1 aromatic carbocycles. The average molecular weight is 209 g/mol. The summed E-state index contributed by atoms with van der Waals surface area (Å²) in [6.45, 7) is 5.17. The number of rotatable bonds is 5. The van der Waals surface area contributed by atoms with Gasteiger partial charge in [-0.25, -0.2) is 0 Å². The van der Waals surface area contributed by atoms with E-state index in [-0.39, 0.29) is 0 Å². The molecule has 0 saturated heterocycles. The van der Waals surface area contributed by atoms with Crippen LogP contribution in [0.1, 0.15) is 24.2 Å². The van der Waals surface area contributed by atoms with Gasteiger partial charge < -0.3 is 15.2 Å². The average Bonchev–Trinajstić information content (AvgIpc) is 2.18. The first-order valence-corrected chi connectivity index (χ1v) is 5.25. The second-order valence-corrected chi connectivity index (χ2v) is 3.52. The maximum atomic E-state index is 9.82. The Kier molecular flexibility index (Phi) is 4.59. The zero-order valence-electron chi connectivity index (χ0n) is 9.58. The molecule has 0 aromatic heterocycles. The Hall–Kier alpha value is -1.06. The van der Waals surface area contributed by atoms with Crippen LogP contribution in [0, 0.1) is 6.92 Å². The third-order valence-electron chi connectivity index (χ3n) is 2.31. The standard InChI is InChI=1S/C12H19NO2/c1-4-15-10-5-6-11(9(2)7-10)12(14)8-13-3/h5-7,12-14H,4,8H2,1-3H3. The number of benzene rings is 1. The molecular formula is C12H19NO2. The fourth-order valence-corrected chi connectivity index (χ4v) is 1.58. The summed E-state index contributed by atoms with van der Waals surface area (Å²) in [5.41, 5.74) is 2.01. The van der Waals surface area contributed by atoms with Crippen molar-refractivity contribution < 1.29 is 9.84 Å². The zero-order valence-corrected chi connectivity index (χ0v) is 9.58. The Balaban J connectivity index is 2.82. The fourth-order valence-electron chi connectivity index (χ4n) is 1.58. The Morgan fingerprint density at radius 2 is 2.20 bits per heavy atom. The van der Waals surface area contributed by atoms with Crippen molar-refractivity contribution in [3.63, 3.8) is 0 Å². The Morgan fingerprint density at radius 1 is 1.47 bits per heavy atom. The minimum atomic E-state index is -0.453. The molecule has 1 aromatic rings. The quantitative estimate of drug-likeness (QED) is 0.774. The Bertz CT molecular complexity index is 312. The van der Waals surface area contributed by atoms with Crippen LogP contribution < -0.4 is 10.1 Å². The summed E-state index contributed by atoms with van der Waals surface area (Å²) in [6.07, 6.45) is -0.453. The van der Waals surface area contributed by atoms with Crippen molar-refractivity contribution in [1.29, 1.82) is 0 Å². The first-order valence-electron chi connectivity index (χ1n) is 5.25. The normalized spacial score (nSPS) is 12.5. The lowest BCUT2D eigenvalue weighted by Gasteiger charge is -2.14. The van der Waals surface area contributed by atoms with E-state index in [1.54, 1.807) is 0 Å². The molecule has 0 aliphatic rings. The number of aryl methyl sites for hydroxylation is 1. The van der Waals surface area contributed by atoms with Crippen LogP contribution in [-0.4, -0.2) is 25.3 Å². The van der Waals surface area contributed by atoms with E-state index < -0.39 is 6.10 Å². The summed E-state index contributed by atoms with van der Waals surface area (Å²) in [7, 11) is 1.83. The second-order valence-electron chi connectivity index (χ2n) is 3.52. The van der Waals surface area contributed by atoms with Crippen molar-refractivity contribution in [3.8, 4) is 5.75 Å². The fraction of sp³-hybridized carbons (Fsp3) is 0.500. The molecular weight excluding hydrogens is 190 g/mol. The van der Waals surface area contributed by atoms with Crippen LogP contribution in [0.15, 0.2) is 18.2 Å². The SMILES string of the molecule is CCOc1ccc(C(O)CNC)c(C)c1. The number of hydrogen-bond donors (Lipinski definition) is 2. The predicted octanol–water partition coefficient (Wildman–Crippen LogP) is 1.65. The third kappa shape index (κ3) is 3.22. The summed E-state index contributed by atoms with van der Waals surface area (Å²) in [5.74, 6) is 0.857. The van der Waals surface area contributed by atoms with Crippen molar-refractivity contribution >= 4 is 0 Å². The van der Waals surface area contributed by atoms with Crippen LogP contribution in [0.3, 0.4) is 0 Å². The number of hydrogen-bond acceptors (Lipinski definition) is 3. The van der Waals surface area contributed by atoms with Crippen molar-refractivity contribution in [3.05, 3.63) is 29.3 Å². The molecule has 1 rings (SSSR count). The van der Waals surface area contributed by atoms with Gasteiger partial charge in [0.05, 0.1) is 12.7 Å². The molecule has 0 saturated carbocycles. The summed E-state index contributed by atoms with van der Waals surface area (Å²) in [5, 5.41) is 12.8. The highest BCUT2D eigenvalue weighted by atomic mass is 16.5. The Morgan fingerprint density at radius 3 is 2.73 bits per heavy atom. The van der Waals surface area contributed by atoms with Gasteiger partial charge in [-0.1, -0.05) is 6.07 Å². The van der Waals surface area contributed by atoms with E-state index in [0.29, 0.717) is 13.2 Å². The first-order chi connectivity index (χ1) is 7.19. The molecule has 1 atom stereocenters. The molecule has 0 spiro atoms. The van der Waals surface area contributed by atoms with Gasteiger partial charge in [0.2, 0.25) is 0 Å². The van der Waals surface area contributed by atoms with Crippen LogP contribution in [0.5, 0.6) is 5.75 Å². The molecule has 3 nitrogen and oxygen atoms in total. The van der Waals surface area contributed by atoms with Gasteiger partial charge in [0, 0.05) is 6.54 Å². The Labute approximate surface area is 91.1 Å². The number of nitrogens with one attached hydrogen (secondary N) is 1. The van der Waals surface area contributed by atoms with Crippen molar-refractivity contribution in [2.45, 2.75) is 20.0 Å². The van der Waals surface area contributed by atoms with Crippen molar-refractivity contribution in [2.75, 3.05) is 20.2 Å². The monoisotopic (exact) mass is 209 g/mol. The third-order valence-corrected chi connectivity index (χ3v) is 2.31. The van der Waals surface area contributed by atoms with Gasteiger partial charge in [-0.15, -0.1) is 0 Å². The van der Waals surface area contributed by atoms with E-state index in [1.807, 2.05) is 39.1 Å². The van der Waals surface area contributed by atoms with E-state index in [4.69, 9.17) is 4.74 Å². The molecule has 0 aliphatic heterocycles. The highest BCUT2D eigenvalue weighted by Crippen LogP contribution is 2.22. The molecule has 0 aliphatic carbocycles. The molecule has 0 fully saturated rings. The lowest BCUT2D eigenvalue weighted by Crippen LogP contribution is -2.17. The van der Waals surface area contributed by atoms with Gasteiger partial charge in [-0.3, -0.25) is 0 Å². The summed E-state index contributed by atoms with van der Waals surface area (Å²) < 4.78 is 5.38. The number of aliphatic hydroxyl groups is 1. The minimum absolute atomic E-state index is 0.453. The van der Waals surface area contributed by atoms with Crippen LogP contribution in [-0.2, 0) is 0 Å². The number of ether oxygens (including phenoxy) is 1. The van der Waals surface area contributed by atoms with Gasteiger partial charge in [0.1, 0.15) is 5.75 Å².